The molecule has 0 aliphatic carbocycles. The molecule has 28 heavy (non-hydrogen) atoms. The third-order valence-electron chi connectivity index (χ3n) is 4.65. The zero-order valence-electron chi connectivity index (χ0n) is 15.9. The van der Waals surface area contributed by atoms with Crippen LogP contribution in [0, 0.1) is 0 Å². The summed E-state index contributed by atoms with van der Waals surface area (Å²) in [5.74, 6) is 2.66. The van der Waals surface area contributed by atoms with Gasteiger partial charge in [-0.3, -0.25) is 0 Å². The van der Waals surface area contributed by atoms with Gasteiger partial charge in [-0.1, -0.05) is 29.2 Å². The van der Waals surface area contributed by atoms with Crippen molar-refractivity contribution < 1.29 is 31.0 Å². The van der Waals surface area contributed by atoms with Gasteiger partial charge in [0.1, 0.15) is 29.6 Å². The molecular weight excluding hydrogens is 418 g/mol. The molecule has 0 spiro atoms. The summed E-state index contributed by atoms with van der Waals surface area (Å²) in [4.78, 5) is 4.58. The standard InChI is InChI=1S/C22H22N3O2.BrH/c1-26-20-8-4-17(5-9-20)14-19-16-24(22-23-12-3-13-25(19)22)15-18-6-10-21(27-2)11-7-18;/h3-13,16H,14-15H2,1-2H3;1H/q+1;/p-1. The molecule has 0 saturated carbocycles. The molecule has 0 aliphatic rings. The summed E-state index contributed by atoms with van der Waals surface area (Å²) >= 11 is 0. The van der Waals surface area contributed by atoms with E-state index in [9.17, 15) is 0 Å². The molecule has 0 N–H and O–H groups in total. The second kappa shape index (κ2) is 8.89. The summed E-state index contributed by atoms with van der Waals surface area (Å²) in [6, 6.07) is 18.3. The van der Waals surface area contributed by atoms with E-state index in [-0.39, 0.29) is 17.0 Å². The van der Waals surface area contributed by atoms with Crippen molar-refractivity contribution in [2.45, 2.75) is 13.0 Å². The lowest BCUT2D eigenvalue weighted by molar-refractivity contribution is -0.664. The van der Waals surface area contributed by atoms with Crippen molar-refractivity contribution in [1.82, 2.24) is 9.38 Å². The maximum atomic E-state index is 5.25. The Bertz CT molecular complexity index is 960. The largest absolute Gasteiger partial charge is 1.00 e. The third-order valence-corrected chi connectivity index (χ3v) is 4.65. The molecule has 2 aromatic carbocycles. The van der Waals surface area contributed by atoms with Crippen molar-refractivity contribution in [3.8, 4) is 11.5 Å². The monoisotopic (exact) mass is 439 g/mol. The highest BCUT2D eigenvalue weighted by atomic mass is 79.9. The topological polar surface area (TPSA) is 39.6 Å². The Hall–Kier alpha value is -2.86. The predicted molar refractivity (Wildman–Crippen MR) is 103 cm³/mol. The number of nitrogens with zero attached hydrogens (tertiary/aromatic N) is 3. The second-order valence-corrected chi connectivity index (χ2v) is 6.41. The fourth-order valence-electron chi connectivity index (χ4n) is 3.23. The van der Waals surface area contributed by atoms with Gasteiger partial charge in [0.2, 0.25) is 0 Å². The number of imidazole rings is 1. The molecule has 144 valence electrons. The number of rotatable bonds is 6. The van der Waals surface area contributed by atoms with Crippen LogP contribution in [0.3, 0.4) is 0 Å². The van der Waals surface area contributed by atoms with Gasteiger partial charge in [-0.2, -0.15) is 0 Å². The lowest BCUT2D eigenvalue weighted by atomic mass is 10.1. The fraction of sp³-hybridized carbons (Fsp3) is 0.182. The molecule has 0 aliphatic heterocycles. The number of halogens is 1. The minimum Gasteiger partial charge on any atom is -1.00 e. The Morgan fingerprint density at radius 2 is 1.50 bits per heavy atom. The van der Waals surface area contributed by atoms with Crippen LogP contribution in [-0.2, 0) is 13.0 Å². The average molecular weight is 440 g/mol. The number of fused-ring (bicyclic) bond motifs is 1. The summed E-state index contributed by atoms with van der Waals surface area (Å²) < 4.78 is 14.8. The summed E-state index contributed by atoms with van der Waals surface area (Å²) in [7, 11) is 3.36. The van der Waals surface area contributed by atoms with Crippen molar-refractivity contribution in [3.05, 3.63) is 90.0 Å². The van der Waals surface area contributed by atoms with Crippen LogP contribution in [0.2, 0.25) is 0 Å². The second-order valence-electron chi connectivity index (χ2n) is 6.41. The summed E-state index contributed by atoms with van der Waals surface area (Å²) in [5, 5.41) is 0. The van der Waals surface area contributed by atoms with Gasteiger partial charge in [-0.05, 0) is 35.4 Å². The normalized spacial score (nSPS) is 10.5. The Kier molecular flexibility index (Phi) is 6.31. The number of ether oxygens (including phenoxy) is 2. The lowest BCUT2D eigenvalue weighted by Gasteiger charge is -2.02. The van der Waals surface area contributed by atoms with Gasteiger partial charge in [0.15, 0.2) is 0 Å². The van der Waals surface area contributed by atoms with E-state index in [0.29, 0.717) is 0 Å². The molecule has 6 heteroatoms. The Morgan fingerprint density at radius 1 is 0.893 bits per heavy atom. The summed E-state index contributed by atoms with van der Waals surface area (Å²) in [6.07, 6.45) is 6.89. The molecule has 0 atom stereocenters. The first kappa shape index (κ1) is 19.9. The van der Waals surface area contributed by atoms with Crippen LogP contribution in [0.4, 0.5) is 0 Å². The molecule has 4 rings (SSSR count). The number of aromatic nitrogens is 3. The zero-order valence-corrected chi connectivity index (χ0v) is 17.5. The van der Waals surface area contributed by atoms with Crippen LogP contribution in [0.1, 0.15) is 16.8 Å². The van der Waals surface area contributed by atoms with Gasteiger partial charge in [0.05, 0.1) is 27.0 Å². The van der Waals surface area contributed by atoms with E-state index >= 15 is 0 Å². The van der Waals surface area contributed by atoms with E-state index in [0.717, 1.165) is 30.2 Å². The van der Waals surface area contributed by atoms with E-state index < -0.39 is 0 Å². The van der Waals surface area contributed by atoms with Crippen LogP contribution in [0.5, 0.6) is 11.5 Å². The Labute approximate surface area is 175 Å². The maximum Gasteiger partial charge on any atom is 0.403 e. The fourth-order valence-corrected chi connectivity index (χ4v) is 3.23. The Balaban J connectivity index is 0.00000225. The summed E-state index contributed by atoms with van der Waals surface area (Å²) in [5.41, 5.74) is 3.63. The molecule has 0 bridgehead atoms. The third kappa shape index (κ3) is 4.17. The van der Waals surface area contributed by atoms with Crippen LogP contribution < -0.4 is 31.0 Å². The summed E-state index contributed by atoms with van der Waals surface area (Å²) in [6.45, 7) is 0.757. The van der Waals surface area contributed by atoms with Gasteiger partial charge >= 0.3 is 5.78 Å². The van der Waals surface area contributed by atoms with E-state index in [1.54, 1.807) is 14.2 Å². The molecule has 0 fully saturated rings. The first-order chi connectivity index (χ1) is 13.3. The highest BCUT2D eigenvalue weighted by Gasteiger charge is 2.17. The first-order valence-electron chi connectivity index (χ1n) is 8.87. The molecule has 0 amide bonds. The highest BCUT2D eigenvalue weighted by molar-refractivity contribution is 5.32. The van der Waals surface area contributed by atoms with Crippen LogP contribution in [-0.4, -0.2) is 23.6 Å². The minimum absolute atomic E-state index is 0. The van der Waals surface area contributed by atoms with Crippen molar-refractivity contribution in [1.29, 1.82) is 0 Å². The van der Waals surface area contributed by atoms with E-state index in [4.69, 9.17) is 9.47 Å². The number of hydrogen-bond donors (Lipinski definition) is 0. The van der Waals surface area contributed by atoms with Gasteiger partial charge < -0.3 is 26.5 Å². The minimum atomic E-state index is 0. The van der Waals surface area contributed by atoms with Crippen molar-refractivity contribution >= 4 is 5.78 Å². The molecule has 5 nitrogen and oxygen atoms in total. The number of methoxy groups -OCH3 is 2. The Morgan fingerprint density at radius 3 is 2.11 bits per heavy atom. The zero-order chi connectivity index (χ0) is 18.6. The van der Waals surface area contributed by atoms with Gasteiger partial charge in [0.25, 0.3) is 0 Å². The lowest BCUT2D eigenvalue weighted by Crippen LogP contribution is -3.00. The molecule has 2 aromatic heterocycles. The SMILES string of the molecule is COc1ccc(Cc2c[n+](Cc3ccc(OC)cc3)c3ncccn23)cc1.[Br-]. The molecule has 0 radical (unpaired) electrons. The molecular formula is C22H22BrN3O2. The number of benzene rings is 2. The molecule has 0 unspecified atom stereocenters. The van der Waals surface area contributed by atoms with E-state index in [2.05, 4.69) is 50.6 Å². The molecule has 2 heterocycles. The molecule has 4 aromatic rings. The van der Waals surface area contributed by atoms with Crippen LogP contribution >= 0.6 is 0 Å². The van der Waals surface area contributed by atoms with Crippen LogP contribution in [0.25, 0.3) is 5.78 Å². The quantitative estimate of drug-likeness (QED) is 0.405. The average Bonchev–Trinajstić information content (AvgIpc) is 3.06. The smallest absolute Gasteiger partial charge is 0.403 e. The van der Waals surface area contributed by atoms with Gasteiger partial charge in [-0.15, -0.1) is 0 Å². The first-order valence-corrected chi connectivity index (χ1v) is 8.87. The van der Waals surface area contributed by atoms with Crippen LogP contribution in [0.15, 0.2) is 73.2 Å². The van der Waals surface area contributed by atoms with E-state index in [1.165, 1.54) is 16.8 Å². The van der Waals surface area contributed by atoms with Crippen molar-refractivity contribution in [2.75, 3.05) is 14.2 Å². The van der Waals surface area contributed by atoms with E-state index in [1.807, 2.05) is 36.5 Å². The number of hydrogen-bond acceptors (Lipinski definition) is 3. The predicted octanol–water partition coefficient (Wildman–Crippen LogP) is 0.282. The van der Waals surface area contributed by atoms with Gasteiger partial charge in [0, 0.05) is 12.5 Å². The van der Waals surface area contributed by atoms with Crippen molar-refractivity contribution in [3.63, 3.8) is 0 Å². The highest BCUT2D eigenvalue weighted by Crippen LogP contribution is 2.16. The maximum absolute atomic E-state index is 5.25. The van der Waals surface area contributed by atoms with Gasteiger partial charge in [-0.25, -0.2) is 8.97 Å². The molecule has 0 saturated heterocycles. The van der Waals surface area contributed by atoms with Crippen molar-refractivity contribution in [2.24, 2.45) is 0 Å².